The second kappa shape index (κ2) is 5.10. The summed E-state index contributed by atoms with van der Waals surface area (Å²) in [5, 5.41) is 5.11. The number of hydrogen-bond acceptors (Lipinski definition) is 5. The van der Waals surface area contributed by atoms with Gasteiger partial charge in [-0.05, 0) is 30.2 Å². The Morgan fingerprint density at radius 2 is 2.00 bits per heavy atom. The number of nitrogens with two attached hydrogens (primary N) is 1. The maximum Gasteiger partial charge on any atom is 0.231 e. The number of nitrogen functional groups attached to an aromatic ring is 1. The average molecular weight is 316 g/mol. The summed E-state index contributed by atoms with van der Waals surface area (Å²) in [4.78, 5) is 0. The molecule has 0 aliphatic carbocycles. The molecule has 2 aromatic rings. The monoisotopic (exact) mass is 315 g/mol. The molecule has 2 aliphatic rings. The fourth-order valence-corrected chi connectivity index (χ4v) is 3.08. The third-order valence-electron chi connectivity index (χ3n) is 3.82. The number of rotatable bonds is 1. The Morgan fingerprint density at radius 3 is 2.82 bits per heavy atom. The van der Waals surface area contributed by atoms with Crippen LogP contribution in [-0.2, 0) is 6.42 Å². The lowest BCUT2D eigenvalue weighted by molar-refractivity contribution is 0.174. The normalized spacial score (nSPS) is 15.6. The summed E-state index contributed by atoms with van der Waals surface area (Å²) in [6.45, 7) is 0.912. The van der Waals surface area contributed by atoms with Crippen LogP contribution < -0.4 is 20.6 Å². The van der Waals surface area contributed by atoms with Crippen LogP contribution in [0.15, 0.2) is 35.4 Å². The van der Waals surface area contributed by atoms with Crippen molar-refractivity contribution >= 4 is 23.0 Å². The van der Waals surface area contributed by atoms with E-state index >= 15 is 0 Å². The van der Waals surface area contributed by atoms with Gasteiger partial charge in [0.2, 0.25) is 6.79 Å². The van der Waals surface area contributed by atoms with Gasteiger partial charge in [0, 0.05) is 23.4 Å². The van der Waals surface area contributed by atoms with Crippen molar-refractivity contribution in [2.45, 2.75) is 6.42 Å². The molecule has 2 heterocycles. The summed E-state index contributed by atoms with van der Waals surface area (Å²) in [5.74, 6) is 1.28. The van der Waals surface area contributed by atoms with E-state index in [4.69, 9.17) is 26.8 Å². The number of halogens is 1. The highest BCUT2D eigenvalue weighted by Gasteiger charge is 2.26. The van der Waals surface area contributed by atoms with Crippen molar-refractivity contribution in [3.05, 3.63) is 52.0 Å². The van der Waals surface area contributed by atoms with Gasteiger partial charge in [-0.3, -0.25) is 0 Å². The first-order valence-corrected chi connectivity index (χ1v) is 7.39. The Labute approximate surface area is 132 Å². The van der Waals surface area contributed by atoms with Gasteiger partial charge in [0.25, 0.3) is 0 Å². The van der Waals surface area contributed by atoms with Crippen LogP contribution in [0.1, 0.15) is 16.7 Å². The van der Waals surface area contributed by atoms with Crippen LogP contribution in [0.4, 0.5) is 5.69 Å². The molecular formula is C16H14ClN3O2. The van der Waals surface area contributed by atoms with Gasteiger partial charge in [0.1, 0.15) is 0 Å². The van der Waals surface area contributed by atoms with Crippen molar-refractivity contribution in [3.8, 4) is 11.5 Å². The molecule has 0 unspecified atom stereocenters. The van der Waals surface area contributed by atoms with Crippen LogP contribution in [-0.4, -0.2) is 19.0 Å². The predicted octanol–water partition coefficient (Wildman–Crippen LogP) is 2.55. The van der Waals surface area contributed by atoms with Gasteiger partial charge in [-0.25, -0.2) is 0 Å². The zero-order chi connectivity index (χ0) is 15.1. The molecule has 0 atom stereocenters. The fourth-order valence-electron chi connectivity index (χ4n) is 2.73. The minimum atomic E-state index is 0.199. The fraction of sp³-hybridized carbons (Fsp3) is 0.188. The summed E-state index contributed by atoms with van der Waals surface area (Å²) in [6.07, 6.45) is 0.771. The second-order valence-electron chi connectivity index (χ2n) is 5.19. The Kier molecular flexibility index (Phi) is 3.08. The molecule has 3 N–H and O–H groups in total. The lowest BCUT2D eigenvalue weighted by atomic mass is 9.95. The minimum Gasteiger partial charge on any atom is -0.454 e. The van der Waals surface area contributed by atoms with Gasteiger partial charge >= 0.3 is 0 Å². The largest absolute Gasteiger partial charge is 0.454 e. The second-order valence-corrected chi connectivity index (χ2v) is 5.57. The van der Waals surface area contributed by atoms with Crippen molar-refractivity contribution in [1.29, 1.82) is 0 Å². The van der Waals surface area contributed by atoms with Gasteiger partial charge < -0.3 is 20.6 Å². The number of hydrogen-bond donors (Lipinski definition) is 2. The topological polar surface area (TPSA) is 68.9 Å². The van der Waals surface area contributed by atoms with E-state index in [1.807, 2.05) is 30.3 Å². The van der Waals surface area contributed by atoms with Gasteiger partial charge in [0.15, 0.2) is 11.5 Å². The molecule has 4 rings (SSSR count). The number of fused-ring (bicyclic) bond motifs is 2. The molecule has 5 nitrogen and oxygen atoms in total. The zero-order valence-electron chi connectivity index (χ0n) is 11.7. The van der Waals surface area contributed by atoms with E-state index in [-0.39, 0.29) is 6.79 Å². The third kappa shape index (κ3) is 2.05. The third-order valence-corrected chi connectivity index (χ3v) is 4.22. The van der Waals surface area contributed by atoms with Gasteiger partial charge in [0.05, 0.1) is 10.7 Å². The molecule has 112 valence electrons. The van der Waals surface area contributed by atoms with Gasteiger partial charge in [-0.1, -0.05) is 23.7 Å². The minimum absolute atomic E-state index is 0.199. The molecule has 0 fully saturated rings. The van der Waals surface area contributed by atoms with Gasteiger partial charge in [-0.15, -0.1) is 0 Å². The maximum absolute atomic E-state index is 6.51. The summed E-state index contributed by atoms with van der Waals surface area (Å²) >= 11 is 6.51. The summed E-state index contributed by atoms with van der Waals surface area (Å²) in [5.41, 5.74) is 13.3. The predicted molar refractivity (Wildman–Crippen MR) is 85.8 cm³/mol. The van der Waals surface area contributed by atoms with Crippen LogP contribution in [0.25, 0.3) is 0 Å². The van der Waals surface area contributed by atoms with Crippen LogP contribution in [0, 0.1) is 0 Å². The number of benzene rings is 2. The van der Waals surface area contributed by atoms with E-state index in [1.165, 1.54) is 0 Å². The lowest BCUT2D eigenvalue weighted by Gasteiger charge is -2.13. The SMILES string of the molecule is Nc1ccc(C2=NNCCc3c2cc2c(c3Cl)OCO2)cc1. The Bertz CT molecular complexity index is 772. The number of ether oxygens (including phenoxy) is 2. The van der Waals surface area contributed by atoms with Crippen molar-refractivity contribution in [2.75, 3.05) is 19.1 Å². The Balaban J connectivity index is 1.91. The van der Waals surface area contributed by atoms with E-state index in [0.29, 0.717) is 23.1 Å². The van der Waals surface area contributed by atoms with Crippen LogP contribution in [0.2, 0.25) is 5.02 Å². The molecule has 0 saturated heterocycles. The first kappa shape index (κ1) is 13.3. The van der Waals surface area contributed by atoms with Crippen molar-refractivity contribution < 1.29 is 9.47 Å². The molecule has 0 radical (unpaired) electrons. The number of anilines is 1. The van der Waals surface area contributed by atoms with Crippen LogP contribution >= 0.6 is 11.6 Å². The van der Waals surface area contributed by atoms with E-state index in [1.54, 1.807) is 0 Å². The zero-order valence-corrected chi connectivity index (χ0v) is 12.5. The molecule has 22 heavy (non-hydrogen) atoms. The van der Waals surface area contributed by atoms with Crippen LogP contribution in [0.5, 0.6) is 11.5 Å². The van der Waals surface area contributed by atoms with E-state index in [2.05, 4.69) is 10.5 Å². The number of hydrazone groups is 1. The molecule has 0 aromatic heterocycles. The molecular weight excluding hydrogens is 302 g/mol. The molecule has 0 spiro atoms. The smallest absolute Gasteiger partial charge is 0.231 e. The van der Waals surface area contributed by atoms with Crippen molar-refractivity contribution in [3.63, 3.8) is 0 Å². The van der Waals surface area contributed by atoms with E-state index in [0.717, 1.165) is 34.5 Å². The quantitative estimate of drug-likeness (QED) is 0.794. The van der Waals surface area contributed by atoms with Gasteiger partial charge in [-0.2, -0.15) is 5.10 Å². The molecule has 2 aromatic carbocycles. The highest BCUT2D eigenvalue weighted by Crippen LogP contribution is 2.43. The Morgan fingerprint density at radius 1 is 1.18 bits per heavy atom. The highest BCUT2D eigenvalue weighted by atomic mass is 35.5. The molecule has 2 aliphatic heterocycles. The van der Waals surface area contributed by atoms with Crippen LogP contribution in [0.3, 0.4) is 0 Å². The molecule has 0 saturated carbocycles. The number of nitrogens with zero attached hydrogens (tertiary/aromatic N) is 1. The molecule has 0 bridgehead atoms. The van der Waals surface area contributed by atoms with E-state index in [9.17, 15) is 0 Å². The first-order valence-electron chi connectivity index (χ1n) is 7.02. The molecule has 0 amide bonds. The maximum atomic E-state index is 6.51. The van der Waals surface area contributed by atoms with Crippen molar-refractivity contribution in [1.82, 2.24) is 5.43 Å². The average Bonchev–Trinajstić information content (AvgIpc) is 2.89. The van der Waals surface area contributed by atoms with Crippen molar-refractivity contribution in [2.24, 2.45) is 5.10 Å². The van der Waals surface area contributed by atoms with E-state index < -0.39 is 0 Å². The first-order chi connectivity index (χ1) is 10.7. The highest BCUT2D eigenvalue weighted by molar-refractivity contribution is 6.34. The standard InChI is InChI=1S/C16H14ClN3O2/c17-14-11-5-6-19-20-15(9-1-3-10(18)4-2-9)12(11)7-13-16(14)22-8-21-13/h1-4,7,19H,5-6,8,18H2. The Hall–Kier alpha value is -2.40. The lowest BCUT2D eigenvalue weighted by Crippen LogP contribution is -2.10. The number of nitrogens with one attached hydrogen (secondary N) is 1. The molecule has 6 heteroatoms. The summed E-state index contributed by atoms with van der Waals surface area (Å²) in [7, 11) is 0. The summed E-state index contributed by atoms with van der Waals surface area (Å²) < 4.78 is 10.9. The summed E-state index contributed by atoms with van der Waals surface area (Å²) in [6, 6.07) is 9.56.